The number of hydrogen-bond acceptors (Lipinski definition) is 3. The number of hydrogen-bond donors (Lipinski definition) is 3. The summed E-state index contributed by atoms with van der Waals surface area (Å²) in [5.41, 5.74) is 0.895. The average Bonchev–Trinajstić information content (AvgIpc) is 2.57. The summed E-state index contributed by atoms with van der Waals surface area (Å²) in [5.74, 6) is -1.85. The van der Waals surface area contributed by atoms with Crippen molar-refractivity contribution in [2.24, 2.45) is 0 Å². The van der Waals surface area contributed by atoms with Gasteiger partial charge in [0.25, 0.3) is 0 Å². The highest BCUT2D eigenvalue weighted by Gasteiger charge is 2.25. The summed E-state index contributed by atoms with van der Waals surface area (Å²) in [6.45, 7) is 3.42. The van der Waals surface area contributed by atoms with Gasteiger partial charge in [-0.05, 0) is 12.0 Å². The fourth-order valence-electron chi connectivity index (χ4n) is 2.61. The van der Waals surface area contributed by atoms with Crippen molar-refractivity contribution >= 4 is 17.8 Å². The van der Waals surface area contributed by atoms with Crippen LogP contribution in [0.4, 0.5) is 0 Å². The zero-order chi connectivity index (χ0) is 18.7. The lowest BCUT2D eigenvalue weighted by molar-refractivity contribution is -0.142. The quantitative estimate of drug-likeness (QED) is 0.535. The highest BCUT2D eigenvalue weighted by molar-refractivity contribution is 5.90. The minimum atomic E-state index is -1.05. The van der Waals surface area contributed by atoms with Gasteiger partial charge >= 0.3 is 5.97 Å². The Bertz CT molecular complexity index is 560. The van der Waals surface area contributed by atoms with Gasteiger partial charge in [-0.1, -0.05) is 62.9 Å². The van der Waals surface area contributed by atoms with Crippen molar-refractivity contribution in [3.8, 4) is 0 Å². The molecule has 1 rings (SSSR count). The van der Waals surface area contributed by atoms with E-state index in [1.807, 2.05) is 30.3 Å². The zero-order valence-electron chi connectivity index (χ0n) is 15.0. The van der Waals surface area contributed by atoms with Crippen molar-refractivity contribution in [2.75, 3.05) is 0 Å². The van der Waals surface area contributed by atoms with E-state index in [-0.39, 0.29) is 5.91 Å². The largest absolute Gasteiger partial charge is 0.480 e. The van der Waals surface area contributed by atoms with Crippen molar-refractivity contribution in [3.05, 3.63) is 35.9 Å². The molecule has 2 atom stereocenters. The summed E-state index contributed by atoms with van der Waals surface area (Å²) in [7, 11) is 0. The summed E-state index contributed by atoms with van der Waals surface area (Å²) >= 11 is 0. The molecule has 0 aliphatic rings. The van der Waals surface area contributed by atoms with E-state index in [1.54, 1.807) is 0 Å². The van der Waals surface area contributed by atoms with Gasteiger partial charge < -0.3 is 15.7 Å². The summed E-state index contributed by atoms with van der Waals surface area (Å²) < 4.78 is 0. The predicted octanol–water partition coefficient (Wildman–Crippen LogP) is 2.27. The molecule has 0 fully saturated rings. The van der Waals surface area contributed by atoms with Gasteiger partial charge in [-0.15, -0.1) is 0 Å². The molecule has 0 saturated carbocycles. The van der Waals surface area contributed by atoms with Crippen LogP contribution in [0.25, 0.3) is 0 Å². The van der Waals surface area contributed by atoms with Crippen LogP contribution < -0.4 is 10.6 Å². The molecule has 1 aromatic carbocycles. The molecular weight excluding hydrogens is 320 g/mol. The smallest absolute Gasteiger partial charge is 0.326 e. The van der Waals surface area contributed by atoms with E-state index in [4.69, 9.17) is 0 Å². The number of benzene rings is 1. The first-order valence-corrected chi connectivity index (χ1v) is 8.78. The third kappa shape index (κ3) is 8.33. The lowest BCUT2D eigenvalue weighted by Crippen LogP contribution is -2.52. The van der Waals surface area contributed by atoms with Gasteiger partial charge in [-0.25, -0.2) is 4.79 Å². The average molecular weight is 348 g/mol. The van der Waals surface area contributed by atoms with Crippen LogP contribution in [0.15, 0.2) is 30.3 Å². The summed E-state index contributed by atoms with van der Waals surface area (Å²) in [6, 6.07) is 7.57. The molecule has 3 N–H and O–H groups in total. The van der Waals surface area contributed by atoms with Gasteiger partial charge in [-0.2, -0.15) is 0 Å². The van der Waals surface area contributed by atoms with E-state index in [2.05, 4.69) is 17.6 Å². The molecule has 138 valence electrons. The standard InChI is InChI=1S/C19H28N2O4/c1-3-4-5-9-12-16(19(24)25)21-18(23)17(20-14(2)22)13-15-10-7-6-8-11-15/h6-8,10-11,16-17H,3-5,9,12-13H2,1-2H3,(H,20,22)(H,21,23)(H,24,25)/t16-,17-/m0/s1. The number of carboxylic acids is 1. The number of amides is 2. The molecule has 0 aliphatic heterocycles. The fraction of sp³-hybridized carbons (Fsp3) is 0.526. The number of nitrogens with one attached hydrogen (secondary N) is 2. The predicted molar refractivity (Wildman–Crippen MR) is 96.1 cm³/mol. The van der Waals surface area contributed by atoms with Crippen LogP contribution in [-0.4, -0.2) is 35.0 Å². The maximum Gasteiger partial charge on any atom is 0.326 e. The molecule has 0 heterocycles. The number of rotatable bonds is 11. The number of carboxylic acid groups (broad SMARTS) is 1. The topological polar surface area (TPSA) is 95.5 Å². The second-order valence-electron chi connectivity index (χ2n) is 6.19. The van der Waals surface area contributed by atoms with Crippen molar-refractivity contribution in [3.63, 3.8) is 0 Å². The lowest BCUT2D eigenvalue weighted by atomic mass is 10.0. The van der Waals surface area contributed by atoms with Crippen molar-refractivity contribution in [1.29, 1.82) is 0 Å². The molecule has 0 saturated heterocycles. The van der Waals surface area contributed by atoms with Crippen LogP contribution in [0.3, 0.4) is 0 Å². The molecule has 6 nitrogen and oxygen atoms in total. The maximum atomic E-state index is 12.5. The Kier molecular flexibility index (Phi) is 9.29. The van der Waals surface area contributed by atoms with E-state index in [1.165, 1.54) is 6.92 Å². The van der Waals surface area contributed by atoms with Crippen molar-refractivity contribution < 1.29 is 19.5 Å². The second-order valence-corrected chi connectivity index (χ2v) is 6.19. The van der Waals surface area contributed by atoms with Crippen molar-refractivity contribution in [1.82, 2.24) is 10.6 Å². The van der Waals surface area contributed by atoms with E-state index in [0.29, 0.717) is 12.8 Å². The number of unbranched alkanes of at least 4 members (excludes halogenated alkanes) is 3. The molecule has 2 amide bonds. The normalized spacial score (nSPS) is 12.9. The first kappa shape index (κ1) is 20.7. The highest BCUT2D eigenvalue weighted by Crippen LogP contribution is 2.08. The van der Waals surface area contributed by atoms with E-state index in [0.717, 1.165) is 31.2 Å². The number of carbonyl (C=O) groups excluding carboxylic acids is 2. The summed E-state index contributed by atoms with van der Waals surface area (Å²) in [4.78, 5) is 35.3. The van der Waals surface area contributed by atoms with E-state index < -0.39 is 24.0 Å². The fourth-order valence-corrected chi connectivity index (χ4v) is 2.61. The third-order valence-electron chi connectivity index (χ3n) is 3.94. The van der Waals surface area contributed by atoms with Gasteiger partial charge in [-0.3, -0.25) is 9.59 Å². The van der Waals surface area contributed by atoms with Gasteiger partial charge in [0.1, 0.15) is 12.1 Å². The number of carbonyl (C=O) groups is 3. The zero-order valence-corrected chi connectivity index (χ0v) is 15.0. The highest BCUT2D eigenvalue weighted by atomic mass is 16.4. The second kappa shape index (κ2) is 11.2. The Labute approximate surface area is 149 Å². The Morgan fingerprint density at radius 2 is 1.68 bits per heavy atom. The summed E-state index contributed by atoms with van der Waals surface area (Å²) in [5, 5.41) is 14.5. The van der Waals surface area contributed by atoms with Crippen LogP contribution in [0.5, 0.6) is 0 Å². The van der Waals surface area contributed by atoms with Gasteiger partial charge in [0, 0.05) is 13.3 Å². The third-order valence-corrected chi connectivity index (χ3v) is 3.94. The molecule has 6 heteroatoms. The van der Waals surface area contributed by atoms with E-state index in [9.17, 15) is 19.5 Å². The minimum Gasteiger partial charge on any atom is -0.480 e. The SMILES string of the molecule is CCCCCC[C@H](NC(=O)[C@H](Cc1ccccc1)NC(C)=O)C(=O)O. The molecule has 0 radical (unpaired) electrons. The van der Waals surface area contributed by atoms with Crippen molar-refractivity contribution in [2.45, 2.75) is 64.5 Å². The van der Waals surface area contributed by atoms with Crippen LogP contribution >= 0.6 is 0 Å². The molecule has 0 aliphatic carbocycles. The monoisotopic (exact) mass is 348 g/mol. The Morgan fingerprint density at radius 3 is 2.24 bits per heavy atom. The molecule has 0 unspecified atom stereocenters. The molecule has 25 heavy (non-hydrogen) atoms. The maximum absolute atomic E-state index is 12.5. The molecule has 0 aromatic heterocycles. The first-order chi connectivity index (χ1) is 11.9. The van der Waals surface area contributed by atoms with Crippen LogP contribution in [0.2, 0.25) is 0 Å². The van der Waals surface area contributed by atoms with Crippen LogP contribution in [0, 0.1) is 0 Å². The molecular formula is C19H28N2O4. The lowest BCUT2D eigenvalue weighted by Gasteiger charge is -2.21. The van der Waals surface area contributed by atoms with E-state index >= 15 is 0 Å². The summed E-state index contributed by atoms with van der Waals surface area (Å²) in [6.07, 6.45) is 4.49. The first-order valence-electron chi connectivity index (χ1n) is 8.78. The minimum absolute atomic E-state index is 0.314. The van der Waals surface area contributed by atoms with Gasteiger partial charge in [0.05, 0.1) is 0 Å². The Balaban J connectivity index is 2.70. The molecule has 1 aromatic rings. The Hall–Kier alpha value is -2.37. The van der Waals surface area contributed by atoms with Gasteiger partial charge in [0.2, 0.25) is 11.8 Å². The van der Waals surface area contributed by atoms with Crippen LogP contribution in [-0.2, 0) is 20.8 Å². The van der Waals surface area contributed by atoms with Gasteiger partial charge in [0.15, 0.2) is 0 Å². The molecule has 0 bridgehead atoms. The van der Waals surface area contributed by atoms with Crippen LogP contribution in [0.1, 0.15) is 51.5 Å². The Morgan fingerprint density at radius 1 is 1.00 bits per heavy atom. The number of aliphatic carboxylic acids is 1. The molecule has 0 spiro atoms.